The lowest BCUT2D eigenvalue weighted by molar-refractivity contribution is 0.0903. The molecule has 2 unspecified atom stereocenters. The first-order valence-electron chi connectivity index (χ1n) is 4.70. The predicted molar refractivity (Wildman–Crippen MR) is 57.2 cm³/mol. The summed E-state index contributed by atoms with van der Waals surface area (Å²) in [4.78, 5) is -0.781. The van der Waals surface area contributed by atoms with Gasteiger partial charge in [0.1, 0.15) is 11.9 Å². The summed E-state index contributed by atoms with van der Waals surface area (Å²) in [6.07, 6.45) is 2.87. The molecule has 0 fully saturated rings. The van der Waals surface area contributed by atoms with E-state index in [0.29, 0.717) is 5.57 Å². The van der Waals surface area contributed by atoms with E-state index in [-0.39, 0.29) is 11.7 Å². The highest BCUT2D eigenvalue weighted by molar-refractivity contribution is 6.25. The summed E-state index contributed by atoms with van der Waals surface area (Å²) in [7, 11) is 1.47. The molecule has 0 N–H and O–H groups in total. The maximum atomic E-state index is 13.9. The molecule has 0 radical (unpaired) electrons. The lowest BCUT2D eigenvalue weighted by Crippen LogP contribution is -2.37. The Balaban J connectivity index is 3.08. The standard InChI is InChI=1S/C11H16ClFO/c1-7(2)8-5-6-11(3,12)10(14-4)9(8)13/h5-7,10H,1-4H3. The van der Waals surface area contributed by atoms with Crippen LogP contribution in [-0.4, -0.2) is 18.1 Å². The molecule has 0 aromatic carbocycles. The highest BCUT2D eigenvalue weighted by Crippen LogP contribution is 2.37. The summed E-state index contributed by atoms with van der Waals surface area (Å²) in [6, 6.07) is 0. The van der Waals surface area contributed by atoms with Gasteiger partial charge in [-0.05, 0) is 18.4 Å². The Bertz CT molecular complexity index is 279. The minimum Gasteiger partial charge on any atom is -0.372 e. The summed E-state index contributed by atoms with van der Waals surface area (Å²) < 4.78 is 19.0. The molecule has 1 rings (SSSR count). The first-order chi connectivity index (χ1) is 6.40. The molecule has 0 aromatic rings. The van der Waals surface area contributed by atoms with Crippen LogP contribution in [-0.2, 0) is 4.74 Å². The fourth-order valence-electron chi connectivity index (χ4n) is 1.62. The van der Waals surface area contributed by atoms with E-state index in [4.69, 9.17) is 16.3 Å². The van der Waals surface area contributed by atoms with Gasteiger partial charge >= 0.3 is 0 Å². The van der Waals surface area contributed by atoms with Crippen molar-refractivity contribution in [1.82, 2.24) is 0 Å². The molecule has 0 saturated carbocycles. The van der Waals surface area contributed by atoms with E-state index in [2.05, 4.69) is 0 Å². The van der Waals surface area contributed by atoms with E-state index >= 15 is 0 Å². The van der Waals surface area contributed by atoms with Gasteiger partial charge in [0, 0.05) is 7.11 Å². The van der Waals surface area contributed by atoms with Gasteiger partial charge in [-0.1, -0.05) is 26.0 Å². The molecule has 0 aliphatic heterocycles. The molecule has 2 atom stereocenters. The van der Waals surface area contributed by atoms with Gasteiger partial charge in [-0.25, -0.2) is 4.39 Å². The molecule has 3 heteroatoms. The molecule has 1 aliphatic carbocycles. The number of hydrogen-bond acceptors (Lipinski definition) is 1. The van der Waals surface area contributed by atoms with E-state index in [1.165, 1.54) is 7.11 Å². The van der Waals surface area contributed by atoms with Gasteiger partial charge in [0.05, 0.1) is 4.87 Å². The van der Waals surface area contributed by atoms with Crippen molar-refractivity contribution in [2.75, 3.05) is 7.11 Å². The van der Waals surface area contributed by atoms with Crippen molar-refractivity contribution in [3.63, 3.8) is 0 Å². The number of halogens is 2. The zero-order chi connectivity index (χ0) is 10.9. The fourth-order valence-corrected chi connectivity index (χ4v) is 1.87. The quantitative estimate of drug-likeness (QED) is 0.646. The highest BCUT2D eigenvalue weighted by Gasteiger charge is 2.37. The summed E-state index contributed by atoms with van der Waals surface area (Å²) in [5.41, 5.74) is 0.676. The first kappa shape index (κ1) is 11.7. The summed E-state index contributed by atoms with van der Waals surface area (Å²) in [5.74, 6) is -0.0980. The molecule has 0 saturated heterocycles. The Morgan fingerprint density at radius 3 is 2.57 bits per heavy atom. The average Bonchev–Trinajstić information content (AvgIpc) is 2.02. The minimum atomic E-state index is -0.781. The maximum Gasteiger partial charge on any atom is 0.134 e. The fraction of sp³-hybridized carbons (Fsp3) is 0.636. The molecule has 1 nitrogen and oxygen atoms in total. The molecular formula is C11H16ClFO. The molecule has 0 aromatic heterocycles. The van der Waals surface area contributed by atoms with Crippen molar-refractivity contribution in [1.29, 1.82) is 0 Å². The molecular weight excluding hydrogens is 203 g/mol. The van der Waals surface area contributed by atoms with Crippen LogP contribution in [0.1, 0.15) is 20.8 Å². The molecule has 0 spiro atoms. The molecule has 80 valence electrons. The zero-order valence-corrected chi connectivity index (χ0v) is 9.73. The van der Waals surface area contributed by atoms with Gasteiger partial charge in [0.2, 0.25) is 0 Å². The van der Waals surface area contributed by atoms with Crippen LogP contribution in [0.5, 0.6) is 0 Å². The maximum absolute atomic E-state index is 13.9. The van der Waals surface area contributed by atoms with Crippen molar-refractivity contribution in [3.05, 3.63) is 23.6 Å². The number of rotatable bonds is 2. The second-order valence-electron chi connectivity index (χ2n) is 4.06. The SMILES string of the molecule is COC1C(F)=C(C(C)C)C=CC1(C)Cl. The third-order valence-corrected chi connectivity index (χ3v) is 2.79. The highest BCUT2D eigenvalue weighted by atomic mass is 35.5. The average molecular weight is 219 g/mol. The van der Waals surface area contributed by atoms with E-state index < -0.39 is 11.0 Å². The lowest BCUT2D eigenvalue weighted by atomic mass is 9.88. The van der Waals surface area contributed by atoms with Crippen LogP contribution in [0.15, 0.2) is 23.6 Å². The minimum absolute atomic E-state index is 0.150. The predicted octanol–water partition coefficient (Wildman–Crippen LogP) is 3.45. The number of hydrogen-bond donors (Lipinski definition) is 0. The van der Waals surface area contributed by atoms with Crippen LogP contribution in [0.4, 0.5) is 4.39 Å². The van der Waals surface area contributed by atoms with E-state index in [1.807, 2.05) is 13.8 Å². The van der Waals surface area contributed by atoms with Gasteiger partial charge in [0.25, 0.3) is 0 Å². The molecule has 0 bridgehead atoms. The van der Waals surface area contributed by atoms with Crippen molar-refractivity contribution in [3.8, 4) is 0 Å². The first-order valence-corrected chi connectivity index (χ1v) is 5.08. The Hall–Kier alpha value is -0.340. The van der Waals surface area contributed by atoms with Gasteiger partial charge in [-0.2, -0.15) is 0 Å². The summed E-state index contributed by atoms with van der Waals surface area (Å²) >= 11 is 6.12. The Kier molecular flexibility index (Phi) is 3.38. The van der Waals surface area contributed by atoms with Gasteiger partial charge in [-0.15, -0.1) is 11.6 Å². The van der Waals surface area contributed by atoms with Crippen LogP contribution < -0.4 is 0 Å². The molecule has 1 aliphatic rings. The third-order valence-electron chi connectivity index (χ3n) is 2.47. The van der Waals surface area contributed by atoms with E-state index in [1.54, 1.807) is 19.1 Å². The van der Waals surface area contributed by atoms with Crippen LogP contribution in [0.25, 0.3) is 0 Å². The number of methoxy groups -OCH3 is 1. The van der Waals surface area contributed by atoms with Crippen molar-refractivity contribution in [2.24, 2.45) is 5.92 Å². The number of ether oxygens (including phenoxy) is 1. The van der Waals surface area contributed by atoms with Crippen molar-refractivity contribution >= 4 is 11.6 Å². The summed E-state index contributed by atoms with van der Waals surface area (Å²) in [5, 5.41) is 0. The Morgan fingerprint density at radius 2 is 2.14 bits per heavy atom. The normalized spacial score (nSPS) is 32.9. The number of alkyl halides is 1. The van der Waals surface area contributed by atoms with Crippen LogP contribution in [0, 0.1) is 5.92 Å². The van der Waals surface area contributed by atoms with Crippen LogP contribution >= 0.6 is 11.6 Å². The second-order valence-corrected chi connectivity index (χ2v) is 4.87. The molecule has 14 heavy (non-hydrogen) atoms. The van der Waals surface area contributed by atoms with E-state index in [0.717, 1.165) is 0 Å². The zero-order valence-electron chi connectivity index (χ0n) is 8.97. The molecule has 0 heterocycles. The van der Waals surface area contributed by atoms with Crippen LogP contribution in [0.3, 0.4) is 0 Å². The van der Waals surface area contributed by atoms with Crippen molar-refractivity contribution in [2.45, 2.75) is 31.7 Å². The lowest BCUT2D eigenvalue weighted by Gasteiger charge is -2.32. The Morgan fingerprint density at radius 1 is 1.57 bits per heavy atom. The Labute approximate surface area is 89.6 Å². The number of allylic oxidation sites excluding steroid dienone is 2. The van der Waals surface area contributed by atoms with Crippen molar-refractivity contribution < 1.29 is 9.13 Å². The smallest absolute Gasteiger partial charge is 0.134 e. The van der Waals surface area contributed by atoms with E-state index in [9.17, 15) is 4.39 Å². The monoisotopic (exact) mass is 218 g/mol. The largest absolute Gasteiger partial charge is 0.372 e. The van der Waals surface area contributed by atoms with Gasteiger partial charge in [0.15, 0.2) is 0 Å². The van der Waals surface area contributed by atoms with Gasteiger partial charge < -0.3 is 4.74 Å². The topological polar surface area (TPSA) is 9.23 Å². The van der Waals surface area contributed by atoms with Crippen LogP contribution in [0.2, 0.25) is 0 Å². The van der Waals surface area contributed by atoms with Gasteiger partial charge in [-0.3, -0.25) is 0 Å². The summed E-state index contributed by atoms with van der Waals surface area (Å²) in [6.45, 7) is 5.64. The molecule has 0 amide bonds. The third kappa shape index (κ3) is 2.01. The second kappa shape index (κ2) is 4.03.